The van der Waals surface area contributed by atoms with Crippen molar-refractivity contribution in [1.82, 2.24) is 14.9 Å². The number of rotatable bonds is 7. The number of imidazole rings is 1. The van der Waals surface area contributed by atoms with Crippen LogP contribution in [0.1, 0.15) is 26.2 Å². The third-order valence-corrected chi connectivity index (χ3v) is 2.08. The Labute approximate surface area is 100.0 Å². The van der Waals surface area contributed by atoms with Gasteiger partial charge in [-0.25, -0.2) is 4.98 Å². The second-order valence-corrected chi connectivity index (χ2v) is 3.59. The number of aromatic nitrogens is 2. The molecule has 1 heterocycles. The van der Waals surface area contributed by atoms with E-state index in [1.807, 2.05) is 6.92 Å². The molecule has 0 bridgehead atoms. The summed E-state index contributed by atoms with van der Waals surface area (Å²) in [6.07, 6.45) is 6.46. The van der Waals surface area contributed by atoms with Crippen molar-refractivity contribution in [2.75, 3.05) is 6.61 Å². The lowest BCUT2D eigenvalue weighted by atomic mass is 10.3. The molecule has 0 aliphatic rings. The molecule has 6 heteroatoms. The number of hydrogen-bond acceptors (Lipinski definition) is 4. The SMILES string of the molecule is CCCCOC(=O)CC(=O)NCn1ccnc1. The first kappa shape index (κ1) is 13.2. The van der Waals surface area contributed by atoms with Crippen molar-refractivity contribution < 1.29 is 14.3 Å². The maximum absolute atomic E-state index is 11.3. The van der Waals surface area contributed by atoms with Crippen LogP contribution in [0.4, 0.5) is 0 Å². The quantitative estimate of drug-likeness (QED) is 0.431. The van der Waals surface area contributed by atoms with Crippen molar-refractivity contribution in [2.24, 2.45) is 0 Å². The summed E-state index contributed by atoms with van der Waals surface area (Å²) in [6.45, 7) is 2.69. The van der Waals surface area contributed by atoms with Crippen molar-refractivity contribution >= 4 is 11.9 Å². The van der Waals surface area contributed by atoms with Crippen molar-refractivity contribution in [1.29, 1.82) is 0 Å². The molecule has 0 radical (unpaired) electrons. The molecule has 0 aliphatic carbocycles. The molecular weight excluding hydrogens is 222 g/mol. The fourth-order valence-electron chi connectivity index (χ4n) is 1.13. The molecule has 0 saturated carbocycles. The van der Waals surface area contributed by atoms with Crippen LogP contribution in [0.15, 0.2) is 18.7 Å². The zero-order valence-electron chi connectivity index (χ0n) is 9.89. The maximum atomic E-state index is 11.3. The molecule has 17 heavy (non-hydrogen) atoms. The molecule has 6 nitrogen and oxygen atoms in total. The average Bonchev–Trinajstić information content (AvgIpc) is 2.79. The van der Waals surface area contributed by atoms with Gasteiger partial charge in [-0.15, -0.1) is 0 Å². The molecule has 0 spiro atoms. The molecule has 0 aromatic carbocycles. The molecule has 1 aromatic heterocycles. The minimum Gasteiger partial charge on any atom is -0.465 e. The van der Waals surface area contributed by atoms with Crippen molar-refractivity contribution in [2.45, 2.75) is 32.9 Å². The van der Waals surface area contributed by atoms with Crippen molar-refractivity contribution in [3.63, 3.8) is 0 Å². The number of unbranched alkanes of at least 4 members (excludes halogenated alkanes) is 1. The molecule has 94 valence electrons. The van der Waals surface area contributed by atoms with Gasteiger partial charge in [-0.3, -0.25) is 9.59 Å². The third kappa shape index (κ3) is 5.70. The zero-order valence-corrected chi connectivity index (χ0v) is 9.89. The Kier molecular flexibility index (Phi) is 5.77. The van der Waals surface area contributed by atoms with Crippen molar-refractivity contribution in [3.05, 3.63) is 18.7 Å². The van der Waals surface area contributed by atoms with Gasteiger partial charge in [0.05, 0.1) is 19.6 Å². The van der Waals surface area contributed by atoms with E-state index in [0.717, 1.165) is 12.8 Å². The fourth-order valence-corrected chi connectivity index (χ4v) is 1.13. The molecule has 0 fully saturated rings. The molecule has 1 aromatic rings. The summed E-state index contributed by atoms with van der Waals surface area (Å²) in [4.78, 5) is 26.4. The molecule has 0 aliphatic heterocycles. The predicted octanol–water partition coefficient (Wildman–Crippen LogP) is 0.690. The first-order valence-electron chi connectivity index (χ1n) is 5.60. The summed E-state index contributed by atoms with van der Waals surface area (Å²) in [5.41, 5.74) is 0. The van der Waals surface area contributed by atoms with E-state index in [-0.39, 0.29) is 12.3 Å². The van der Waals surface area contributed by atoms with Crippen LogP contribution in [0, 0.1) is 0 Å². The number of esters is 1. The van der Waals surface area contributed by atoms with Crippen LogP contribution < -0.4 is 5.32 Å². The van der Waals surface area contributed by atoms with E-state index in [2.05, 4.69) is 10.3 Å². The number of hydrogen-bond donors (Lipinski definition) is 1. The summed E-state index contributed by atoms with van der Waals surface area (Å²) in [5, 5.41) is 2.59. The predicted molar refractivity (Wildman–Crippen MR) is 60.9 cm³/mol. The number of nitrogens with one attached hydrogen (secondary N) is 1. The molecule has 1 amide bonds. The highest BCUT2D eigenvalue weighted by molar-refractivity contribution is 5.94. The lowest BCUT2D eigenvalue weighted by Gasteiger charge is -2.06. The highest BCUT2D eigenvalue weighted by Crippen LogP contribution is 1.92. The van der Waals surface area contributed by atoms with Crippen LogP contribution >= 0.6 is 0 Å². The monoisotopic (exact) mass is 239 g/mol. The van der Waals surface area contributed by atoms with Gasteiger partial charge >= 0.3 is 5.97 Å². The standard InChI is InChI=1S/C11H17N3O3/c1-2-3-6-17-11(16)7-10(15)13-9-14-5-4-12-8-14/h4-5,8H,2-3,6-7,9H2,1H3,(H,13,15). The summed E-state index contributed by atoms with van der Waals surface area (Å²) in [5.74, 6) is -0.832. The average molecular weight is 239 g/mol. The highest BCUT2D eigenvalue weighted by Gasteiger charge is 2.09. The Balaban J connectivity index is 2.14. The molecule has 1 N–H and O–H groups in total. The third-order valence-electron chi connectivity index (χ3n) is 2.08. The van der Waals surface area contributed by atoms with Crippen LogP contribution in [0.5, 0.6) is 0 Å². The number of carbonyl (C=O) groups excluding carboxylic acids is 2. The van der Waals surface area contributed by atoms with Crippen LogP contribution in [-0.4, -0.2) is 28.0 Å². The number of amides is 1. The Morgan fingerprint density at radius 1 is 1.47 bits per heavy atom. The fraction of sp³-hybridized carbons (Fsp3) is 0.545. The summed E-state index contributed by atoms with van der Waals surface area (Å²) in [6, 6.07) is 0. The van der Waals surface area contributed by atoms with Gasteiger partial charge in [0.1, 0.15) is 6.42 Å². The largest absolute Gasteiger partial charge is 0.465 e. The van der Waals surface area contributed by atoms with Gasteiger partial charge in [-0.2, -0.15) is 0 Å². The molecular formula is C11H17N3O3. The lowest BCUT2D eigenvalue weighted by molar-refractivity contribution is -0.146. The smallest absolute Gasteiger partial charge is 0.315 e. The highest BCUT2D eigenvalue weighted by atomic mass is 16.5. The minimum absolute atomic E-state index is 0.238. The zero-order chi connectivity index (χ0) is 12.5. The summed E-state index contributed by atoms with van der Waals surface area (Å²) >= 11 is 0. The van der Waals surface area contributed by atoms with Gasteiger partial charge in [-0.05, 0) is 6.42 Å². The molecule has 1 rings (SSSR count). The van der Waals surface area contributed by atoms with Gasteiger partial charge in [0.25, 0.3) is 0 Å². The van der Waals surface area contributed by atoms with E-state index in [4.69, 9.17) is 4.74 Å². The van der Waals surface area contributed by atoms with E-state index in [1.54, 1.807) is 23.3 Å². The molecule has 0 saturated heterocycles. The second-order valence-electron chi connectivity index (χ2n) is 3.59. The van der Waals surface area contributed by atoms with E-state index in [1.165, 1.54) is 0 Å². The first-order chi connectivity index (χ1) is 8.22. The van der Waals surface area contributed by atoms with Gasteiger partial charge < -0.3 is 14.6 Å². The van der Waals surface area contributed by atoms with E-state index >= 15 is 0 Å². The molecule has 0 unspecified atom stereocenters. The van der Waals surface area contributed by atoms with Crippen LogP contribution in [0.2, 0.25) is 0 Å². The topological polar surface area (TPSA) is 73.2 Å². The molecule has 0 atom stereocenters. The van der Waals surface area contributed by atoms with Gasteiger partial charge in [0, 0.05) is 12.4 Å². The van der Waals surface area contributed by atoms with Crippen molar-refractivity contribution in [3.8, 4) is 0 Å². The normalized spacial score (nSPS) is 9.94. The van der Waals surface area contributed by atoms with Gasteiger partial charge in [0.2, 0.25) is 5.91 Å². The Morgan fingerprint density at radius 3 is 2.94 bits per heavy atom. The first-order valence-corrected chi connectivity index (χ1v) is 5.60. The van der Waals surface area contributed by atoms with E-state index in [9.17, 15) is 9.59 Å². The van der Waals surface area contributed by atoms with Crippen LogP contribution in [0.25, 0.3) is 0 Å². The van der Waals surface area contributed by atoms with E-state index in [0.29, 0.717) is 13.3 Å². The second kappa shape index (κ2) is 7.43. The maximum Gasteiger partial charge on any atom is 0.315 e. The van der Waals surface area contributed by atoms with Gasteiger partial charge in [0.15, 0.2) is 0 Å². The number of nitrogens with zero attached hydrogens (tertiary/aromatic N) is 2. The number of carbonyl (C=O) groups is 2. The van der Waals surface area contributed by atoms with Gasteiger partial charge in [-0.1, -0.05) is 13.3 Å². The Morgan fingerprint density at radius 2 is 2.29 bits per heavy atom. The Bertz CT molecular complexity index is 349. The van der Waals surface area contributed by atoms with Crippen LogP contribution in [0.3, 0.4) is 0 Å². The summed E-state index contributed by atoms with van der Waals surface area (Å²) < 4.78 is 6.57. The number of ether oxygens (including phenoxy) is 1. The Hall–Kier alpha value is -1.85. The minimum atomic E-state index is -0.485. The summed E-state index contributed by atoms with van der Waals surface area (Å²) in [7, 11) is 0. The van der Waals surface area contributed by atoms with E-state index < -0.39 is 5.97 Å². The van der Waals surface area contributed by atoms with Crippen LogP contribution in [-0.2, 0) is 21.0 Å². The lowest BCUT2D eigenvalue weighted by Crippen LogP contribution is -2.28.